The molecule has 1 fully saturated rings. The Morgan fingerprint density at radius 3 is 2.70 bits per heavy atom. The number of nitrogens with one attached hydrogen (secondary N) is 1. The van der Waals surface area contributed by atoms with E-state index in [9.17, 15) is 14.0 Å². The molecular formula is C21H20FN5O3. The van der Waals surface area contributed by atoms with Gasteiger partial charge in [-0.2, -0.15) is 0 Å². The zero-order valence-corrected chi connectivity index (χ0v) is 16.0. The molecule has 0 atom stereocenters. The van der Waals surface area contributed by atoms with Crippen molar-refractivity contribution in [2.75, 3.05) is 5.32 Å². The minimum atomic E-state index is -0.764. The van der Waals surface area contributed by atoms with E-state index in [-0.39, 0.29) is 29.2 Å². The van der Waals surface area contributed by atoms with Crippen molar-refractivity contribution in [3.63, 3.8) is 0 Å². The van der Waals surface area contributed by atoms with Gasteiger partial charge in [-0.15, -0.1) is 0 Å². The highest BCUT2D eigenvalue weighted by Gasteiger charge is 2.26. The number of pyridine rings is 2. The van der Waals surface area contributed by atoms with E-state index in [1.165, 1.54) is 16.8 Å². The van der Waals surface area contributed by atoms with Crippen molar-refractivity contribution in [3.05, 3.63) is 65.1 Å². The predicted octanol–water partition coefficient (Wildman–Crippen LogP) is 2.88. The molecule has 0 bridgehead atoms. The zero-order valence-electron chi connectivity index (χ0n) is 16.0. The van der Waals surface area contributed by atoms with E-state index < -0.39 is 11.8 Å². The van der Waals surface area contributed by atoms with Crippen LogP contribution in [0, 0.1) is 11.7 Å². The van der Waals surface area contributed by atoms with Gasteiger partial charge in [0, 0.05) is 30.1 Å². The minimum absolute atomic E-state index is 0.0369. The summed E-state index contributed by atoms with van der Waals surface area (Å²) in [4.78, 5) is 35.7. The smallest absolute Gasteiger partial charge is 0.306 e. The first-order valence-corrected chi connectivity index (χ1v) is 9.67. The molecule has 8 nitrogen and oxygen atoms in total. The Hall–Kier alpha value is -3.62. The standard InChI is InChI=1S/C21H20FN5O3/c22-16-12-24-21(25-15-6-4-13(5-7-15)20(29)30)26-19(16)14-8-9-23-17(11-14)27-10-2-1-3-18(27)28/h1-3,8-13,15H,4-7H2,(H,29,30)(H,24,25,26). The van der Waals surface area contributed by atoms with Gasteiger partial charge >= 0.3 is 5.97 Å². The molecule has 0 amide bonds. The van der Waals surface area contributed by atoms with Crippen LogP contribution in [0.3, 0.4) is 0 Å². The average molecular weight is 409 g/mol. The molecule has 1 saturated carbocycles. The van der Waals surface area contributed by atoms with Crippen LogP contribution < -0.4 is 10.9 Å². The lowest BCUT2D eigenvalue weighted by atomic mass is 9.86. The molecule has 154 valence electrons. The first kappa shape index (κ1) is 19.7. The van der Waals surface area contributed by atoms with Crippen LogP contribution in [0.4, 0.5) is 10.3 Å². The lowest BCUT2D eigenvalue weighted by Crippen LogP contribution is -2.29. The van der Waals surface area contributed by atoms with Gasteiger partial charge in [-0.05, 0) is 43.9 Å². The van der Waals surface area contributed by atoms with Gasteiger partial charge in [-0.3, -0.25) is 14.2 Å². The maximum atomic E-state index is 14.5. The van der Waals surface area contributed by atoms with Crippen LogP contribution in [0.5, 0.6) is 0 Å². The maximum Gasteiger partial charge on any atom is 0.306 e. The van der Waals surface area contributed by atoms with E-state index in [2.05, 4.69) is 20.3 Å². The summed E-state index contributed by atoms with van der Waals surface area (Å²) in [6.07, 6.45) is 6.72. The van der Waals surface area contributed by atoms with Gasteiger partial charge in [0.25, 0.3) is 5.56 Å². The van der Waals surface area contributed by atoms with Crippen LogP contribution in [0.1, 0.15) is 25.7 Å². The molecule has 0 saturated heterocycles. The van der Waals surface area contributed by atoms with Crippen LogP contribution in [-0.4, -0.2) is 36.6 Å². The Balaban J connectivity index is 1.57. The number of nitrogens with zero attached hydrogens (tertiary/aromatic N) is 4. The van der Waals surface area contributed by atoms with Crippen molar-refractivity contribution in [1.29, 1.82) is 0 Å². The molecule has 30 heavy (non-hydrogen) atoms. The summed E-state index contributed by atoms with van der Waals surface area (Å²) in [6, 6.07) is 8.01. The van der Waals surface area contributed by atoms with E-state index in [0.29, 0.717) is 37.1 Å². The Labute approximate surface area is 171 Å². The number of rotatable bonds is 5. The van der Waals surface area contributed by atoms with Gasteiger partial charge in [0.05, 0.1) is 12.1 Å². The van der Waals surface area contributed by atoms with E-state index >= 15 is 0 Å². The van der Waals surface area contributed by atoms with Gasteiger partial charge in [-0.25, -0.2) is 19.3 Å². The molecule has 1 aliphatic carbocycles. The number of carboxylic acid groups (broad SMARTS) is 1. The molecule has 0 spiro atoms. The van der Waals surface area contributed by atoms with E-state index in [0.717, 1.165) is 6.20 Å². The van der Waals surface area contributed by atoms with Crippen LogP contribution in [0.25, 0.3) is 17.1 Å². The topological polar surface area (TPSA) is 110 Å². The van der Waals surface area contributed by atoms with E-state index in [4.69, 9.17) is 5.11 Å². The van der Waals surface area contributed by atoms with Crippen molar-refractivity contribution in [2.45, 2.75) is 31.7 Å². The third kappa shape index (κ3) is 4.19. The number of hydrogen-bond donors (Lipinski definition) is 2. The average Bonchev–Trinajstić information content (AvgIpc) is 2.76. The number of hydrogen-bond acceptors (Lipinski definition) is 6. The molecule has 0 radical (unpaired) electrons. The number of carbonyl (C=O) groups is 1. The second kappa shape index (κ2) is 8.40. The van der Waals surface area contributed by atoms with Gasteiger partial charge in [-0.1, -0.05) is 6.07 Å². The second-order valence-corrected chi connectivity index (χ2v) is 7.23. The molecule has 0 aliphatic heterocycles. The summed E-state index contributed by atoms with van der Waals surface area (Å²) in [5.74, 6) is -1.03. The first-order valence-electron chi connectivity index (χ1n) is 9.67. The summed E-state index contributed by atoms with van der Waals surface area (Å²) in [6.45, 7) is 0. The van der Waals surface area contributed by atoms with E-state index in [1.54, 1.807) is 30.5 Å². The molecule has 9 heteroatoms. The Morgan fingerprint density at radius 1 is 1.17 bits per heavy atom. The van der Waals surface area contributed by atoms with Crippen molar-refractivity contribution in [2.24, 2.45) is 5.92 Å². The summed E-state index contributed by atoms with van der Waals surface area (Å²) >= 11 is 0. The van der Waals surface area contributed by atoms with Crippen molar-refractivity contribution < 1.29 is 14.3 Å². The van der Waals surface area contributed by atoms with Gasteiger partial charge in [0.2, 0.25) is 5.95 Å². The van der Waals surface area contributed by atoms with Gasteiger partial charge in [0.15, 0.2) is 5.82 Å². The van der Waals surface area contributed by atoms with Crippen LogP contribution in [0.15, 0.2) is 53.7 Å². The number of halogens is 1. The fourth-order valence-electron chi connectivity index (χ4n) is 3.62. The number of carboxylic acids is 1. The van der Waals surface area contributed by atoms with Crippen molar-refractivity contribution >= 4 is 11.9 Å². The number of anilines is 1. The van der Waals surface area contributed by atoms with Crippen molar-refractivity contribution in [1.82, 2.24) is 19.5 Å². The van der Waals surface area contributed by atoms with E-state index in [1.807, 2.05) is 0 Å². The molecule has 3 aromatic heterocycles. The number of aliphatic carboxylic acids is 1. The molecule has 3 aromatic rings. The summed E-state index contributed by atoms with van der Waals surface area (Å²) in [7, 11) is 0. The van der Waals surface area contributed by atoms with Crippen LogP contribution in [-0.2, 0) is 4.79 Å². The highest BCUT2D eigenvalue weighted by atomic mass is 19.1. The molecular weight excluding hydrogens is 389 g/mol. The lowest BCUT2D eigenvalue weighted by Gasteiger charge is -2.26. The SMILES string of the molecule is O=C(O)C1CCC(Nc2ncc(F)c(-c3ccnc(-n4ccccc4=O)c3)n2)CC1. The highest BCUT2D eigenvalue weighted by molar-refractivity contribution is 5.70. The van der Waals surface area contributed by atoms with Crippen LogP contribution in [0.2, 0.25) is 0 Å². The maximum absolute atomic E-state index is 14.5. The summed E-state index contributed by atoms with van der Waals surface area (Å²) in [5, 5.41) is 12.3. The monoisotopic (exact) mass is 409 g/mol. The Bertz CT molecular complexity index is 1130. The molecule has 1 aliphatic rings. The van der Waals surface area contributed by atoms with Gasteiger partial charge < -0.3 is 10.4 Å². The first-order chi connectivity index (χ1) is 14.5. The highest BCUT2D eigenvalue weighted by Crippen LogP contribution is 2.27. The molecule has 0 unspecified atom stereocenters. The summed E-state index contributed by atoms with van der Waals surface area (Å²) < 4.78 is 15.8. The fraction of sp³-hybridized carbons (Fsp3) is 0.286. The Kier molecular flexibility index (Phi) is 5.51. The molecule has 0 aromatic carbocycles. The largest absolute Gasteiger partial charge is 0.481 e. The normalized spacial score (nSPS) is 18.7. The molecule has 3 heterocycles. The molecule has 4 rings (SSSR count). The third-order valence-electron chi connectivity index (χ3n) is 5.24. The second-order valence-electron chi connectivity index (χ2n) is 7.23. The molecule has 2 N–H and O–H groups in total. The van der Waals surface area contributed by atoms with Gasteiger partial charge in [0.1, 0.15) is 11.5 Å². The fourth-order valence-corrected chi connectivity index (χ4v) is 3.62. The number of aromatic nitrogens is 4. The van der Waals surface area contributed by atoms with Crippen molar-refractivity contribution in [3.8, 4) is 17.1 Å². The Morgan fingerprint density at radius 2 is 1.97 bits per heavy atom. The minimum Gasteiger partial charge on any atom is -0.481 e. The zero-order chi connectivity index (χ0) is 21.1. The predicted molar refractivity (Wildman–Crippen MR) is 108 cm³/mol. The van der Waals surface area contributed by atoms with Crippen LogP contribution >= 0.6 is 0 Å². The quantitative estimate of drug-likeness (QED) is 0.667. The lowest BCUT2D eigenvalue weighted by molar-refractivity contribution is -0.142. The third-order valence-corrected chi connectivity index (χ3v) is 5.24. The summed E-state index contributed by atoms with van der Waals surface area (Å²) in [5.41, 5.74) is 0.317.